The van der Waals surface area contributed by atoms with Gasteiger partial charge in [-0.05, 0) is 43.9 Å². The number of rotatable bonds is 9. The van der Waals surface area contributed by atoms with E-state index in [-0.39, 0.29) is 35.5 Å². The number of benzene rings is 1. The lowest BCUT2D eigenvalue weighted by molar-refractivity contribution is -0.118. The highest BCUT2D eigenvalue weighted by molar-refractivity contribution is 14.0. The molecule has 0 bridgehead atoms. The average molecular weight is 556 g/mol. The summed E-state index contributed by atoms with van der Waals surface area (Å²) in [6, 6.07) is 8.32. The Balaban J connectivity index is 0.00000363. The molecule has 2 unspecified atom stereocenters. The molecule has 32 heavy (non-hydrogen) atoms. The first-order chi connectivity index (χ1) is 15.0. The number of nitrogens with zero attached hydrogens (tertiary/aromatic N) is 4. The lowest BCUT2D eigenvalue weighted by Gasteiger charge is -2.55. The number of hydrogen-bond donors (Lipinski definition) is 2. The highest BCUT2D eigenvalue weighted by Crippen LogP contribution is 2.48. The number of hydrogen-bond acceptors (Lipinski definition) is 5. The molecular formula is C23H37IN6O2. The molecule has 1 aromatic heterocycles. The van der Waals surface area contributed by atoms with Gasteiger partial charge in [-0.3, -0.25) is 0 Å². The van der Waals surface area contributed by atoms with Crippen LogP contribution in [0.3, 0.4) is 0 Å². The van der Waals surface area contributed by atoms with Gasteiger partial charge in [-0.25, -0.2) is 4.99 Å². The monoisotopic (exact) mass is 556 g/mol. The van der Waals surface area contributed by atoms with Gasteiger partial charge in [0.2, 0.25) is 0 Å². The smallest absolute Gasteiger partial charge is 0.192 e. The standard InChI is InChI=1S/C23H36N6O2.HI/c1-7-23(8-2)19(13-20(23)31-6)26-22(25-15-21-28-27-16(3)29(21)4)24-14-17-9-11-18(30-5)12-10-17;/h9-12,19-20H,7-8,13-15H2,1-6H3,(H2,24,25,26);1H. The topological polar surface area (TPSA) is 85.6 Å². The summed E-state index contributed by atoms with van der Waals surface area (Å²) in [5.41, 5.74) is 1.25. The van der Waals surface area contributed by atoms with Crippen LogP contribution < -0.4 is 15.4 Å². The molecule has 8 nitrogen and oxygen atoms in total. The molecule has 9 heteroatoms. The van der Waals surface area contributed by atoms with Gasteiger partial charge >= 0.3 is 0 Å². The van der Waals surface area contributed by atoms with Gasteiger partial charge in [0.25, 0.3) is 0 Å². The number of methoxy groups -OCH3 is 2. The number of ether oxygens (including phenoxy) is 2. The summed E-state index contributed by atoms with van der Waals surface area (Å²) in [7, 11) is 5.46. The van der Waals surface area contributed by atoms with Crippen molar-refractivity contribution in [2.24, 2.45) is 17.5 Å². The van der Waals surface area contributed by atoms with E-state index in [4.69, 9.17) is 14.5 Å². The first kappa shape index (κ1) is 26.4. The van der Waals surface area contributed by atoms with E-state index in [9.17, 15) is 0 Å². The molecule has 1 heterocycles. The molecule has 0 amide bonds. The third kappa shape index (κ3) is 5.54. The fraction of sp³-hybridized carbons (Fsp3) is 0.609. The van der Waals surface area contributed by atoms with Gasteiger partial charge in [0.15, 0.2) is 11.8 Å². The fourth-order valence-corrected chi connectivity index (χ4v) is 4.47. The molecule has 2 aromatic rings. The van der Waals surface area contributed by atoms with Gasteiger partial charge in [0, 0.05) is 25.6 Å². The Morgan fingerprint density at radius 3 is 2.41 bits per heavy atom. The van der Waals surface area contributed by atoms with Crippen LogP contribution in [0.25, 0.3) is 0 Å². The zero-order valence-corrected chi connectivity index (χ0v) is 22.3. The Hall–Kier alpha value is -1.88. The van der Waals surface area contributed by atoms with Crippen molar-refractivity contribution in [3.8, 4) is 5.75 Å². The van der Waals surface area contributed by atoms with Crippen molar-refractivity contribution in [3.63, 3.8) is 0 Å². The van der Waals surface area contributed by atoms with Crippen LogP contribution in [0.4, 0.5) is 0 Å². The highest BCUT2D eigenvalue weighted by Gasteiger charge is 2.53. The lowest BCUT2D eigenvalue weighted by Crippen LogP contribution is -2.65. The first-order valence-electron chi connectivity index (χ1n) is 11.0. The average Bonchev–Trinajstić information content (AvgIpc) is 3.11. The number of halogens is 1. The molecular weight excluding hydrogens is 519 g/mol. The van der Waals surface area contributed by atoms with E-state index in [0.717, 1.165) is 48.2 Å². The fourth-order valence-electron chi connectivity index (χ4n) is 4.47. The number of aliphatic imine (C=N–C) groups is 1. The van der Waals surface area contributed by atoms with Crippen LogP contribution in [0.1, 0.15) is 50.3 Å². The Labute approximate surface area is 208 Å². The Morgan fingerprint density at radius 1 is 1.19 bits per heavy atom. The molecule has 1 fully saturated rings. The zero-order chi connectivity index (χ0) is 22.4. The van der Waals surface area contributed by atoms with Crippen molar-refractivity contribution >= 4 is 29.9 Å². The normalized spacial score (nSPS) is 19.6. The minimum absolute atomic E-state index is 0. The summed E-state index contributed by atoms with van der Waals surface area (Å²) in [6.45, 7) is 7.56. The highest BCUT2D eigenvalue weighted by atomic mass is 127. The summed E-state index contributed by atoms with van der Waals surface area (Å²) in [4.78, 5) is 4.86. The second-order valence-electron chi connectivity index (χ2n) is 8.19. The van der Waals surface area contributed by atoms with Crippen LogP contribution in [0, 0.1) is 12.3 Å². The molecule has 0 radical (unpaired) electrons. The Bertz CT molecular complexity index is 879. The van der Waals surface area contributed by atoms with Crippen LogP contribution in [0.5, 0.6) is 5.75 Å². The molecule has 0 spiro atoms. The van der Waals surface area contributed by atoms with Gasteiger partial charge in [0.1, 0.15) is 11.6 Å². The summed E-state index contributed by atoms with van der Waals surface area (Å²) in [5.74, 6) is 3.39. The van der Waals surface area contributed by atoms with Crippen molar-refractivity contribution in [3.05, 3.63) is 41.5 Å². The van der Waals surface area contributed by atoms with Crippen LogP contribution in [-0.4, -0.2) is 47.1 Å². The van der Waals surface area contributed by atoms with E-state index >= 15 is 0 Å². The van der Waals surface area contributed by atoms with E-state index in [0.29, 0.717) is 19.1 Å². The SMILES string of the molecule is CCC1(CC)C(NC(=NCc2ccc(OC)cc2)NCc2nnc(C)n2C)CC1OC.I. The number of aromatic nitrogens is 3. The van der Waals surface area contributed by atoms with E-state index in [2.05, 4.69) is 34.7 Å². The lowest BCUT2D eigenvalue weighted by atomic mass is 9.58. The molecule has 1 aliphatic carbocycles. The Kier molecular flexibility index (Phi) is 9.75. The maximum Gasteiger partial charge on any atom is 0.192 e. The third-order valence-corrected chi connectivity index (χ3v) is 6.87. The van der Waals surface area contributed by atoms with Crippen molar-refractivity contribution in [1.29, 1.82) is 0 Å². The van der Waals surface area contributed by atoms with Crippen molar-refractivity contribution < 1.29 is 9.47 Å². The van der Waals surface area contributed by atoms with Crippen LogP contribution >= 0.6 is 24.0 Å². The van der Waals surface area contributed by atoms with Gasteiger partial charge < -0.3 is 24.7 Å². The van der Waals surface area contributed by atoms with Crippen LogP contribution in [-0.2, 0) is 24.9 Å². The first-order valence-corrected chi connectivity index (χ1v) is 11.0. The van der Waals surface area contributed by atoms with E-state index < -0.39 is 0 Å². The predicted octanol–water partition coefficient (Wildman–Crippen LogP) is 3.58. The van der Waals surface area contributed by atoms with Crippen molar-refractivity contribution in [2.75, 3.05) is 14.2 Å². The van der Waals surface area contributed by atoms with E-state index in [1.54, 1.807) is 7.11 Å². The zero-order valence-electron chi connectivity index (χ0n) is 20.0. The molecule has 3 rings (SSSR count). The van der Waals surface area contributed by atoms with Crippen molar-refractivity contribution in [1.82, 2.24) is 25.4 Å². The van der Waals surface area contributed by atoms with Gasteiger partial charge in [0.05, 0.1) is 26.3 Å². The summed E-state index contributed by atoms with van der Waals surface area (Å²) < 4.78 is 13.0. The Morgan fingerprint density at radius 2 is 1.88 bits per heavy atom. The van der Waals surface area contributed by atoms with Crippen molar-refractivity contribution in [2.45, 2.75) is 65.3 Å². The van der Waals surface area contributed by atoms with Crippen LogP contribution in [0.15, 0.2) is 29.3 Å². The molecule has 0 aliphatic heterocycles. The number of nitrogens with one attached hydrogen (secondary N) is 2. The maximum atomic E-state index is 5.76. The van der Waals surface area contributed by atoms with Gasteiger partial charge in [-0.15, -0.1) is 34.2 Å². The molecule has 1 saturated carbocycles. The molecule has 178 valence electrons. The predicted molar refractivity (Wildman–Crippen MR) is 137 cm³/mol. The van der Waals surface area contributed by atoms with Crippen LogP contribution in [0.2, 0.25) is 0 Å². The molecule has 1 aliphatic rings. The van der Waals surface area contributed by atoms with E-state index in [1.165, 1.54) is 0 Å². The second kappa shape index (κ2) is 11.8. The molecule has 2 N–H and O–H groups in total. The minimum Gasteiger partial charge on any atom is -0.497 e. The molecule has 2 atom stereocenters. The summed E-state index contributed by atoms with van der Waals surface area (Å²) in [6.07, 6.45) is 3.39. The summed E-state index contributed by atoms with van der Waals surface area (Å²) in [5, 5.41) is 15.5. The maximum absolute atomic E-state index is 5.76. The molecule has 1 aromatic carbocycles. The van der Waals surface area contributed by atoms with E-state index in [1.807, 2.05) is 49.9 Å². The van der Waals surface area contributed by atoms with Gasteiger partial charge in [-0.1, -0.05) is 26.0 Å². The third-order valence-electron chi connectivity index (χ3n) is 6.87. The second-order valence-corrected chi connectivity index (χ2v) is 8.19. The number of aryl methyl sites for hydroxylation is 1. The summed E-state index contributed by atoms with van der Waals surface area (Å²) >= 11 is 0. The molecule has 0 saturated heterocycles. The minimum atomic E-state index is 0. The quantitative estimate of drug-likeness (QED) is 0.279. The van der Waals surface area contributed by atoms with Gasteiger partial charge in [-0.2, -0.15) is 0 Å². The number of guanidine groups is 1. The largest absolute Gasteiger partial charge is 0.497 e.